The highest BCUT2D eigenvalue weighted by atomic mass is 35.5. The number of halogens is 2. The monoisotopic (exact) mass is 335 g/mol. The molecular formula is C16H15Cl2N3O. The van der Waals surface area contributed by atoms with E-state index in [0.29, 0.717) is 26.8 Å². The summed E-state index contributed by atoms with van der Waals surface area (Å²) in [6, 6.07) is 8.76. The maximum absolute atomic E-state index is 10.1. The number of aromatic hydroxyl groups is 1. The summed E-state index contributed by atoms with van der Waals surface area (Å²) in [4.78, 5) is 1.40. The standard InChI is InChI=1S/C16H15Cl2N3O/c1-16(2,3)9-4-5-15(22)14(6-9)21-19-12-7-10(17)11(18)8-13(12)20-21/h4-8,22H,1-3H3. The largest absolute Gasteiger partial charge is 0.506 e. The van der Waals surface area contributed by atoms with E-state index < -0.39 is 0 Å². The molecule has 1 aromatic heterocycles. The second-order valence-electron chi connectivity index (χ2n) is 6.20. The van der Waals surface area contributed by atoms with Crippen LogP contribution in [-0.4, -0.2) is 20.1 Å². The van der Waals surface area contributed by atoms with Gasteiger partial charge in [0.05, 0.1) is 10.0 Å². The molecule has 3 aromatic rings. The molecular weight excluding hydrogens is 321 g/mol. The van der Waals surface area contributed by atoms with Gasteiger partial charge in [0.2, 0.25) is 0 Å². The number of hydrogen-bond acceptors (Lipinski definition) is 3. The molecule has 0 amide bonds. The van der Waals surface area contributed by atoms with Gasteiger partial charge in [-0.05, 0) is 35.2 Å². The Labute approximate surface area is 138 Å². The van der Waals surface area contributed by atoms with Crippen LogP contribution >= 0.6 is 23.2 Å². The predicted molar refractivity (Wildman–Crippen MR) is 89.2 cm³/mol. The Kier molecular flexibility index (Phi) is 3.54. The summed E-state index contributed by atoms with van der Waals surface area (Å²) in [6.07, 6.45) is 0. The maximum Gasteiger partial charge on any atom is 0.143 e. The highest BCUT2D eigenvalue weighted by molar-refractivity contribution is 6.42. The van der Waals surface area contributed by atoms with E-state index >= 15 is 0 Å². The van der Waals surface area contributed by atoms with Crippen LogP contribution in [0.15, 0.2) is 30.3 Å². The molecule has 1 heterocycles. The fraction of sp³-hybridized carbons (Fsp3) is 0.250. The molecule has 0 fully saturated rings. The number of benzene rings is 2. The second kappa shape index (κ2) is 5.14. The summed E-state index contributed by atoms with van der Waals surface area (Å²) in [6.45, 7) is 6.32. The normalized spacial score (nSPS) is 12.0. The van der Waals surface area contributed by atoms with Gasteiger partial charge in [-0.3, -0.25) is 0 Å². The third-order valence-corrected chi connectivity index (χ3v) is 4.20. The molecule has 0 radical (unpaired) electrons. The van der Waals surface area contributed by atoms with Crippen LogP contribution in [0.1, 0.15) is 26.3 Å². The Balaban J connectivity index is 2.18. The summed E-state index contributed by atoms with van der Waals surface area (Å²) in [5.41, 5.74) is 2.81. The molecule has 6 heteroatoms. The zero-order valence-corrected chi connectivity index (χ0v) is 13.9. The number of rotatable bonds is 1. The second-order valence-corrected chi connectivity index (χ2v) is 7.01. The van der Waals surface area contributed by atoms with Gasteiger partial charge in [-0.2, -0.15) is 0 Å². The van der Waals surface area contributed by atoms with Crippen molar-refractivity contribution in [2.45, 2.75) is 26.2 Å². The number of aromatic nitrogens is 3. The van der Waals surface area contributed by atoms with Crippen LogP contribution in [0.2, 0.25) is 10.0 Å². The minimum atomic E-state index is -0.0400. The van der Waals surface area contributed by atoms with E-state index in [2.05, 4.69) is 31.0 Å². The minimum absolute atomic E-state index is 0.0400. The molecule has 0 spiro atoms. The first-order chi connectivity index (χ1) is 10.3. The van der Waals surface area contributed by atoms with Crippen LogP contribution in [-0.2, 0) is 5.41 Å². The molecule has 0 aliphatic carbocycles. The molecule has 22 heavy (non-hydrogen) atoms. The van der Waals surface area contributed by atoms with Crippen molar-refractivity contribution in [1.82, 2.24) is 15.0 Å². The summed E-state index contributed by atoms with van der Waals surface area (Å²) < 4.78 is 0. The molecule has 0 saturated carbocycles. The first kappa shape index (κ1) is 15.1. The fourth-order valence-electron chi connectivity index (χ4n) is 2.17. The topological polar surface area (TPSA) is 50.9 Å². The van der Waals surface area contributed by atoms with Gasteiger partial charge in [-0.15, -0.1) is 15.0 Å². The minimum Gasteiger partial charge on any atom is -0.506 e. The van der Waals surface area contributed by atoms with E-state index in [4.69, 9.17) is 23.2 Å². The first-order valence-electron chi connectivity index (χ1n) is 6.82. The summed E-state index contributed by atoms with van der Waals surface area (Å²) in [5.74, 6) is 0.116. The van der Waals surface area contributed by atoms with Gasteiger partial charge >= 0.3 is 0 Å². The molecule has 114 valence electrons. The van der Waals surface area contributed by atoms with Crippen LogP contribution in [0.3, 0.4) is 0 Å². The van der Waals surface area contributed by atoms with Crippen LogP contribution in [0.4, 0.5) is 0 Å². The fourth-order valence-corrected chi connectivity index (χ4v) is 2.49. The van der Waals surface area contributed by atoms with E-state index in [9.17, 15) is 5.11 Å². The van der Waals surface area contributed by atoms with Crippen LogP contribution in [0.5, 0.6) is 5.75 Å². The van der Waals surface area contributed by atoms with E-state index in [-0.39, 0.29) is 11.2 Å². The average molecular weight is 336 g/mol. The van der Waals surface area contributed by atoms with Gasteiger partial charge in [-0.25, -0.2) is 0 Å². The van der Waals surface area contributed by atoms with Crippen molar-refractivity contribution in [3.8, 4) is 11.4 Å². The maximum atomic E-state index is 10.1. The zero-order valence-electron chi connectivity index (χ0n) is 12.4. The number of nitrogens with zero attached hydrogens (tertiary/aromatic N) is 3. The van der Waals surface area contributed by atoms with Crippen LogP contribution < -0.4 is 0 Å². The summed E-state index contributed by atoms with van der Waals surface area (Å²) in [7, 11) is 0. The lowest BCUT2D eigenvalue weighted by Gasteiger charge is -2.19. The third kappa shape index (κ3) is 2.64. The predicted octanol–water partition coefficient (Wildman–Crippen LogP) is 4.73. The molecule has 0 saturated heterocycles. The van der Waals surface area contributed by atoms with Crippen molar-refractivity contribution < 1.29 is 5.11 Å². The molecule has 1 N–H and O–H groups in total. The van der Waals surface area contributed by atoms with Crippen LogP contribution in [0.25, 0.3) is 16.7 Å². The Hall–Kier alpha value is -1.78. The Morgan fingerprint density at radius 1 is 0.955 bits per heavy atom. The van der Waals surface area contributed by atoms with Gasteiger partial charge in [0.15, 0.2) is 0 Å². The molecule has 4 nitrogen and oxygen atoms in total. The molecule has 2 aromatic carbocycles. The van der Waals surface area contributed by atoms with Crippen molar-refractivity contribution in [1.29, 1.82) is 0 Å². The van der Waals surface area contributed by atoms with Gasteiger partial charge in [0, 0.05) is 0 Å². The quantitative estimate of drug-likeness (QED) is 0.699. The number of phenolic OH excluding ortho intramolecular Hbond substituents is 1. The zero-order chi connectivity index (χ0) is 16.1. The Morgan fingerprint density at radius 2 is 1.50 bits per heavy atom. The SMILES string of the molecule is CC(C)(C)c1ccc(O)c(-n2nc3cc(Cl)c(Cl)cc3n2)c1. The molecule has 0 atom stereocenters. The first-order valence-corrected chi connectivity index (χ1v) is 7.57. The highest BCUT2D eigenvalue weighted by Gasteiger charge is 2.17. The average Bonchev–Trinajstić information content (AvgIpc) is 2.81. The summed E-state index contributed by atoms with van der Waals surface area (Å²) >= 11 is 12.0. The lowest BCUT2D eigenvalue weighted by atomic mass is 9.87. The van der Waals surface area contributed by atoms with Crippen molar-refractivity contribution in [2.24, 2.45) is 0 Å². The van der Waals surface area contributed by atoms with E-state index in [1.165, 1.54) is 4.80 Å². The van der Waals surface area contributed by atoms with Crippen molar-refractivity contribution in [3.05, 3.63) is 45.9 Å². The molecule has 0 unspecified atom stereocenters. The number of hydrogen-bond donors (Lipinski definition) is 1. The van der Waals surface area contributed by atoms with E-state index in [1.54, 1.807) is 18.2 Å². The Bertz CT molecular complexity index is 827. The molecule has 0 aliphatic heterocycles. The lowest BCUT2D eigenvalue weighted by molar-refractivity contribution is 0.466. The molecule has 0 aliphatic rings. The van der Waals surface area contributed by atoms with Crippen molar-refractivity contribution in [3.63, 3.8) is 0 Å². The van der Waals surface area contributed by atoms with Crippen molar-refractivity contribution in [2.75, 3.05) is 0 Å². The Morgan fingerprint density at radius 3 is 2.00 bits per heavy atom. The van der Waals surface area contributed by atoms with Crippen molar-refractivity contribution >= 4 is 34.2 Å². The molecule has 3 rings (SSSR count). The van der Waals surface area contributed by atoms with E-state index in [0.717, 1.165) is 5.56 Å². The third-order valence-electron chi connectivity index (χ3n) is 3.48. The van der Waals surface area contributed by atoms with Gasteiger partial charge in [0.1, 0.15) is 22.5 Å². The summed E-state index contributed by atoms with van der Waals surface area (Å²) in [5, 5.41) is 19.7. The van der Waals surface area contributed by atoms with Gasteiger partial charge in [0.25, 0.3) is 0 Å². The van der Waals surface area contributed by atoms with Crippen LogP contribution in [0, 0.1) is 0 Å². The number of fused-ring (bicyclic) bond motifs is 1. The highest BCUT2D eigenvalue weighted by Crippen LogP contribution is 2.31. The number of phenols is 1. The van der Waals surface area contributed by atoms with Gasteiger partial charge in [-0.1, -0.05) is 50.0 Å². The smallest absolute Gasteiger partial charge is 0.143 e. The molecule has 0 bridgehead atoms. The lowest BCUT2D eigenvalue weighted by Crippen LogP contribution is -2.12. The van der Waals surface area contributed by atoms with Gasteiger partial charge < -0.3 is 5.11 Å². The van der Waals surface area contributed by atoms with E-state index in [1.807, 2.05) is 12.1 Å².